The third-order valence-electron chi connectivity index (χ3n) is 3.46. The van der Waals surface area contributed by atoms with Crippen molar-refractivity contribution in [1.29, 1.82) is 0 Å². The molecule has 23 heavy (non-hydrogen) atoms. The number of carbonyl (C=O) groups is 1. The number of carbonyl (C=O) groups excluding carboxylic acids is 1. The Bertz CT molecular complexity index is 674. The van der Waals surface area contributed by atoms with Crippen LogP contribution in [0.15, 0.2) is 6.33 Å². The number of methoxy groups -OCH3 is 1. The van der Waals surface area contributed by atoms with Crippen molar-refractivity contribution in [3.05, 3.63) is 16.8 Å². The van der Waals surface area contributed by atoms with E-state index >= 15 is 0 Å². The fraction of sp³-hybridized carbons (Fsp3) is 0.533. The molecular formula is C15H21N3O4S. The summed E-state index contributed by atoms with van der Waals surface area (Å²) in [5, 5.41) is 10.1. The van der Waals surface area contributed by atoms with Gasteiger partial charge in [0.25, 0.3) is 0 Å². The monoisotopic (exact) mass is 339 g/mol. The Labute approximate surface area is 138 Å². The van der Waals surface area contributed by atoms with Gasteiger partial charge in [0.05, 0.1) is 18.6 Å². The van der Waals surface area contributed by atoms with Crippen LogP contribution in [-0.4, -0.2) is 61.1 Å². The van der Waals surface area contributed by atoms with Crippen LogP contribution in [0, 0.1) is 6.92 Å². The Morgan fingerprint density at radius 3 is 2.83 bits per heavy atom. The van der Waals surface area contributed by atoms with Crippen LogP contribution in [-0.2, 0) is 9.47 Å². The molecule has 7 nitrogen and oxygen atoms in total. The van der Waals surface area contributed by atoms with E-state index in [1.807, 2.05) is 18.7 Å². The van der Waals surface area contributed by atoms with Gasteiger partial charge in [-0.15, -0.1) is 11.3 Å². The molecular weight excluding hydrogens is 318 g/mol. The average molecular weight is 339 g/mol. The number of hydrogen-bond donors (Lipinski definition) is 1. The maximum atomic E-state index is 12.2. The summed E-state index contributed by atoms with van der Waals surface area (Å²) < 4.78 is 10.1. The summed E-state index contributed by atoms with van der Waals surface area (Å²) in [6.45, 7) is 5.65. The molecule has 2 aromatic rings. The maximum Gasteiger partial charge on any atom is 0.348 e. The number of hydrogen-bond acceptors (Lipinski definition) is 8. The summed E-state index contributed by atoms with van der Waals surface area (Å²) in [6.07, 6.45) is 1.48. The molecule has 0 unspecified atom stereocenters. The highest BCUT2D eigenvalue weighted by atomic mass is 32.1. The van der Waals surface area contributed by atoms with Crippen LogP contribution in [0.1, 0.15) is 22.2 Å². The van der Waals surface area contributed by atoms with Crippen molar-refractivity contribution < 1.29 is 19.4 Å². The summed E-state index contributed by atoms with van der Waals surface area (Å²) in [6, 6.07) is 0. The number of thiophene rings is 1. The molecule has 2 aromatic heterocycles. The third-order valence-corrected chi connectivity index (χ3v) is 4.64. The predicted molar refractivity (Wildman–Crippen MR) is 89.3 cm³/mol. The average Bonchev–Trinajstić information content (AvgIpc) is 2.90. The first kappa shape index (κ1) is 17.6. The fourth-order valence-electron chi connectivity index (χ4n) is 2.31. The lowest BCUT2D eigenvalue weighted by Crippen LogP contribution is -2.27. The highest BCUT2D eigenvalue weighted by molar-refractivity contribution is 7.20. The molecule has 2 heterocycles. The van der Waals surface area contributed by atoms with Crippen molar-refractivity contribution in [1.82, 2.24) is 9.97 Å². The van der Waals surface area contributed by atoms with Gasteiger partial charge in [0, 0.05) is 20.2 Å². The van der Waals surface area contributed by atoms with Crippen LogP contribution in [0.5, 0.6) is 0 Å². The van der Waals surface area contributed by atoms with E-state index in [0.29, 0.717) is 24.6 Å². The van der Waals surface area contributed by atoms with Gasteiger partial charge >= 0.3 is 5.97 Å². The number of rotatable bonds is 8. The molecule has 0 aromatic carbocycles. The zero-order valence-corrected chi connectivity index (χ0v) is 14.4. The molecule has 0 saturated heterocycles. The van der Waals surface area contributed by atoms with Gasteiger partial charge in [-0.3, -0.25) is 0 Å². The molecule has 0 saturated carbocycles. The quantitative estimate of drug-likeness (QED) is 0.578. The largest absolute Gasteiger partial charge is 0.459 e. The molecule has 0 atom stereocenters. The van der Waals surface area contributed by atoms with Gasteiger partial charge in [-0.25, -0.2) is 14.8 Å². The van der Waals surface area contributed by atoms with Crippen molar-refractivity contribution in [3.63, 3.8) is 0 Å². The zero-order valence-electron chi connectivity index (χ0n) is 13.5. The smallest absolute Gasteiger partial charge is 0.348 e. The molecule has 0 fully saturated rings. The summed E-state index contributed by atoms with van der Waals surface area (Å²) in [7, 11) is 1.56. The molecule has 0 amide bonds. The summed E-state index contributed by atoms with van der Waals surface area (Å²) in [5.41, 5.74) is 0.805. The summed E-state index contributed by atoms with van der Waals surface area (Å²) in [5.74, 6) is 0.356. The molecule has 0 bridgehead atoms. The number of fused-ring (bicyclic) bond motifs is 1. The van der Waals surface area contributed by atoms with Gasteiger partial charge in [-0.2, -0.15) is 0 Å². The lowest BCUT2D eigenvalue weighted by Gasteiger charge is -2.21. The molecule has 1 N–H and O–H groups in total. The number of aromatic nitrogens is 2. The van der Waals surface area contributed by atoms with Gasteiger partial charge in [0.15, 0.2) is 0 Å². The highest BCUT2D eigenvalue weighted by Crippen LogP contribution is 2.35. The van der Waals surface area contributed by atoms with Crippen LogP contribution in [0.2, 0.25) is 0 Å². The van der Waals surface area contributed by atoms with Crippen LogP contribution < -0.4 is 4.90 Å². The van der Waals surface area contributed by atoms with Crippen LogP contribution in [0.25, 0.3) is 10.2 Å². The van der Waals surface area contributed by atoms with Gasteiger partial charge in [0.2, 0.25) is 0 Å². The number of aryl methyl sites for hydroxylation is 1. The first-order valence-electron chi connectivity index (χ1n) is 7.40. The standard InChI is InChI=1S/C15H21N3O4S/c1-4-18(5-6-19)13-11-10(2)12(15(20)22-8-7-21-3)23-14(11)17-9-16-13/h9,19H,4-8H2,1-3H3. The van der Waals surface area contributed by atoms with Crippen molar-refractivity contribution >= 4 is 33.3 Å². The van der Waals surface area contributed by atoms with E-state index in [4.69, 9.17) is 9.47 Å². The summed E-state index contributed by atoms with van der Waals surface area (Å²) >= 11 is 1.29. The van der Waals surface area contributed by atoms with E-state index in [9.17, 15) is 9.90 Å². The Kier molecular flexibility index (Phi) is 6.26. The molecule has 0 aliphatic rings. The van der Waals surface area contributed by atoms with E-state index in [2.05, 4.69) is 9.97 Å². The predicted octanol–water partition coefficient (Wildman–Crippen LogP) is 1.62. The third kappa shape index (κ3) is 3.77. The molecule has 2 rings (SSSR count). The second kappa shape index (κ2) is 8.19. The topological polar surface area (TPSA) is 84.8 Å². The van der Waals surface area contributed by atoms with Crippen LogP contribution in [0.3, 0.4) is 0 Å². The summed E-state index contributed by atoms with van der Waals surface area (Å²) in [4.78, 5) is 24.1. The number of esters is 1. The SMILES string of the molecule is CCN(CCO)c1ncnc2sc(C(=O)OCCOC)c(C)c12. The second-order valence-electron chi connectivity index (χ2n) is 4.87. The number of aliphatic hydroxyl groups excluding tert-OH is 1. The number of likely N-dealkylation sites (N-methyl/N-ethyl adjacent to an activating group) is 1. The van der Waals surface area contributed by atoms with Crippen molar-refractivity contribution in [3.8, 4) is 0 Å². The first-order chi connectivity index (χ1) is 11.1. The molecule has 126 valence electrons. The van der Waals surface area contributed by atoms with Crippen LogP contribution >= 0.6 is 11.3 Å². The Morgan fingerprint density at radius 1 is 1.39 bits per heavy atom. The van der Waals surface area contributed by atoms with E-state index in [-0.39, 0.29) is 19.2 Å². The van der Waals surface area contributed by atoms with E-state index < -0.39 is 0 Å². The molecule has 0 spiro atoms. The number of anilines is 1. The van der Waals surface area contributed by atoms with E-state index in [1.54, 1.807) is 7.11 Å². The Morgan fingerprint density at radius 2 is 2.17 bits per heavy atom. The minimum absolute atomic E-state index is 0.0361. The highest BCUT2D eigenvalue weighted by Gasteiger charge is 2.22. The number of nitrogens with zero attached hydrogens (tertiary/aromatic N) is 3. The lowest BCUT2D eigenvalue weighted by molar-refractivity contribution is 0.0393. The molecule has 0 aliphatic heterocycles. The van der Waals surface area contributed by atoms with Gasteiger partial charge < -0.3 is 19.5 Å². The Hall–Kier alpha value is -1.77. The minimum atomic E-state index is -0.376. The molecule has 0 aliphatic carbocycles. The van der Waals surface area contributed by atoms with Gasteiger partial charge in [-0.1, -0.05) is 0 Å². The van der Waals surface area contributed by atoms with E-state index in [0.717, 1.165) is 21.6 Å². The van der Waals surface area contributed by atoms with Crippen molar-refractivity contribution in [2.75, 3.05) is 44.9 Å². The molecule has 0 radical (unpaired) electrons. The number of aliphatic hydroxyl groups is 1. The second-order valence-corrected chi connectivity index (χ2v) is 5.86. The first-order valence-corrected chi connectivity index (χ1v) is 8.21. The number of ether oxygens (including phenoxy) is 2. The minimum Gasteiger partial charge on any atom is -0.459 e. The van der Waals surface area contributed by atoms with Crippen LogP contribution in [0.4, 0.5) is 5.82 Å². The zero-order chi connectivity index (χ0) is 16.8. The molecule has 8 heteroatoms. The Balaban J connectivity index is 2.40. The maximum absolute atomic E-state index is 12.2. The van der Waals surface area contributed by atoms with Gasteiger partial charge in [-0.05, 0) is 19.4 Å². The van der Waals surface area contributed by atoms with Crippen molar-refractivity contribution in [2.45, 2.75) is 13.8 Å². The van der Waals surface area contributed by atoms with E-state index in [1.165, 1.54) is 17.7 Å². The van der Waals surface area contributed by atoms with Gasteiger partial charge in [0.1, 0.15) is 28.5 Å². The normalized spacial score (nSPS) is 11.0. The van der Waals surface area contributed by atoms with Crippen molar-refractivity contribution in [2.24, 2.45) is 0 Å². The lowest BCUT2D eigenvalue weighted by atomic mass is 10.2. The fourth-order valence-corrected chi connectivity index (χ4v) is 3.34.